The van der Waals surface area contributed by atoms with Gasteiger partial charge < -0.3 is 10.1 Å². The van der Waals surface area contributed by atoms with Gasteiger partial charge in [0.05, 0.1) is 17.4 Å². The molecule has 1 N–H and O–H groups in total. The van der Waals surface area contributed by atoms with E-state index in [1.807, 2.05) is 18.3 Å². The summed E-state index contributed by atoms with van der Waals surface area (Å²) in [5.74, 6) is 0.0750. The lowest BCUT2D eigenvalue weighted by molar-refractivity contribution is 0.167. The lowest BCUT2D eigenvalue weighted by Crippen LogP contribution is -2.56. The molecule has 0 spiro atoms. The Labute approximate surface area is 172 Å². The molecule has 0 bridgehead atoms. The molecule has 1 atom stereocenters. The summed E-state index contributed by atoms with van der Waals surface area (Å²) in [4.78, 5) is 10.1. The minimum absolute atomic E-state index is 0.425. The molecule has 156 valence electrons. The third-order valence-electron chi connectivity index (χ3n) is 5.60. The molecule has 3 aromatic heterocycles. The number of hydrogen-bond acceptors (Lipinski definition) is 6. The molecule has 0 saturated carbocycles. The van der Waals surface area contributed by atoms with Crippen molar-refractivity contribution in [1.29, 1.82) is 0 Å². The van der Waals surface area contributed by atoms with Gasteiger partial charge in [-0.05, 0) is 30.7 Å². The minimum atomic E-state index is -0.555. The Kier molecular flexibility index (Phi) is 5.14. The van der Waals surface area contributed by atoms with Gasteiger partial charge in [-0.15, -0.1) is 0 Å². The number of hydrogen-bond donors (Lipinski definition) is 1. The van der Waals surface area contributed by atoms with Crippen molar-refractivity contribution in [2.24, 2.45) is 0 Å². The van der Waals surface area contributed by atoms with E-state index in [1.165, 1.54) is 12.3 Å². The van der Waals surface area contributed by atoms with Crippen molar-refractivity contribution in [2.75, 3.05) is 26.2 Å². The zero-order chi connectivity index (χ0) is 20.5. The van der Waals surface area contributed by atoms with Crippen LogP contribution in [0.3, 0.4) is 0 Å². The van der Waals surface area contributed by atoms with Gasteiger partial charge in [0.1, 0.15) is 18.5 Å². The summed E-state index contributed by atoms with van der Waals surface area (Å²) in [6.07, 6.45) is 5.18. The van der Waals surface area contributed by atoms with Crippen LogP contribution in [0.4, 0.5) is 8.78 Å². The number of pyridine rings is 2. The Morgan fingerprint density at radius 3 is 2.77 bits per heavy atom. The van der Waals surface area contributed by atoms with E-state index in [0.717, 1.165) is 42.9 Å². The number of alkyl halides is 1. The number of fused-ring (bicyclic) bond motifs is 3. The molecule has 0 aromatic carbocycles. The van der Waals surface area contributed by atoms with E-state index in [1.54, 1.807) is 16.9 Å². The van der Waals surface area contributed by atoms with Gasteiger partial charge in [0.25, 0.3) is 0 Å². The Morgan fingerprint density at radius 2 is 2.07 bits per heavy atom. The summed E-state index contributed by atoms with van der Waals surface area (Å²) >= 11 is 0. The third kappa shape index (κ3) is 3.78. The summed E-state index contributed by atoms with van der Waals surface area (Å²) in [5.41, 5.74) is 3.37. The Hall–Kier alpha value is -2.91. The van der Waals surface area contributed by atoms with Crippen LogP contribution in [-0.2, 0) is 6.61 Å². The van der Waals surface area contributed by atoms with Gasteiger partial charge in [0.2, 0.25) is 11.8 Å². The molecule has 2 saturated heterocycles. The molecule has 3 aliphatic heterocycles. The minimum Gasteiger partial charge on any atom is -0.472 e. The lowest BCUT2D eigenvalue weighted by atomic mass is 10.1. The molecule has 1 unspecified atom stereocenters. The number of aromatic nitrogens is 4. The molecular weight excluding hydrogens is 390 g/mol. The van der Waals surface area contributed by atoms with Crippen LogP contribution in [0.5, 0.6) is 5.88 Å². The highest BCUT2D eigenvalue weighted by molar-refractivity contribution is 5.69. The molecule has 3 aromatic rings. The fourth-order valence-corrected chi connectivity index (χ4v) is 3.82. The first-order valence-corrected chi connectivity index (χ1v) is 10.0. The van der Waals surface area contributed by atoms with E-state index in [0.29, 0.717) is 30.8 Å². The van der Waals surface area contributed by atoms with Crippen molar-refractivity contribution in [1.82, 2.24) is 30.0 Å². The summed E-state index contributed by atoms with van der Waals surface area (Å²) in [6, 6.07) is 7.34. The van der Waals surface area contributed by atoms with Gasteiger partial charge >= 0.3 is 0 Å². The Balaban J connectivity index is 0.000000161. The molecule has 6 heterocycles. The maximum Gasteiger partial charge on any atom is 0.223 e. The first-order valence-electron chi connectivity index (χ1n) is 10.0. The van der Waals surface area contributed by atoms with Crippen LogP contribution in [0, 0.1) is 5.95 Å². The number of likely N-dealkylation sites (tertiary alicyclic amines) is 1. The summed E-state index contributed by atoms with van der Waals surface area (Å²) in [5, 5.41) is 7.72. The summed E-state index contributed by atoms with van der Waals surface area (Å²) in [6.45, 7) is 4.19. The van der Waals surface area contributed by atoms with Crippen molar-refractivity contribution in [3.63, 3.8) is 0 Å². The quantitative estimate of drug-likeness (QED) is 0.652. The predicted molar refractivity (Wildman–Crippen MR) is 107 cm³/mol. The van der Waals surface area contributed by atoms with Gasteiger partial charge in [-0.2, -0.15) is 9.49 Å². The van der Waals surface area contributed by atoms with Crippen molar-refractivity contribution in [2.45, 2.75) is 25.2 Å². The van der Waals surface area contributed by atoms with Gasteiger partial charge in [0.15, 0.2) is 0 Å². The Bertz CT molecular complexity index is 1020. The maximum atomic E-state index is 12.9. The predicted octanol–water partition coefficient (Wildman–Crippen LogP) is 2.36. The maximum absolute atomic E-state index is 12.9. The van der Waals surface area contributed by atoms with E-state index < -0.39 is 12.1 Å². The first-order chi connectivity index (χ1) is 14.7. The summed E-state index contributed by atoms with van der Waals surface area (Å²) in [7, 11) is 0. The standard InChI is InChI=1S/C14H9FN4O.C7H13FN2/c15-12-4-3-10(6-17-12)19-7-9-8-20-14-11(13(9)18-19)2-1-5-16-14;8-6-1-2-10(5-6)7-3-9-4-7/h1-7H,8H2;6-7,9H,1-5H2. The highest BCUT2D eigenvalue weighted by Crippen LogP contribution is 2.34. The van der Waals surface area contributed by atoms with Crippen LogP contribution in [-0.4, -0.2) is 63.0 Å². The smallest absolute Gasteiger partial charge is 0.223 e. The van der Waals surface area contributed by atoms with Crippen LogP contribution in [0.15, 0.2) is 42.9 Å². The molecule has 3 aliphatic rings. The normalized spacial score (nSPS) is 20.4. The lowest BCUT2D eigenvalue weighted by Gasteiger charge is -2.35. The molecule has 9 heteroatoms. The van der Waals surface area contributed by atoms with Crippen LogP contribution in [0.1, 0.15) is 12.0 Å². The van der Waals surface area contributed by atoms with Crippen molar-refractivity contribution in [3.8, 4) is 22.8 Å². The average molecular weight is 412 g/mol. The molecule has 2 fully saturated rings. The summed E-state index contributed by atoms with van der Waals surface area (Å²) < 4.78 is 32.7. The fourth-order valence-electron chi connectivity index (χ4n) is 3.82. The number of nitrogens with zero attached hydrogens (tertiary/aromatic N) is 5. The Morgan fingerprint density at radius 1 is 1.17 bits per heavy atom. The van der Waals surface area contributed by atoms with E-state index in [-0.39, 0.29) is 0 Å². The van der Waals surface area contributed by atoms with E-state index in [9.17, 15) is 8.78 Å². The molecule has 7 nitrogen and oxygen atoms in total. The topological polar surface area (TPSA) is 68.1 Å². The molecule has 0 radical (unpaired) electrons. The molecule has 6 rings (SSSR count). The number of nitrogens with one attached hydrogen (secondary N) is 1. The van der Waals surface area contributed by atoms with Crippen LogP contribution in [0.2, 0.25) is 0 Å². The zero-order valence-corrected chi connectivity index (χ0v) is 16.3. The largest absolute Gasteiger partial charge is 0.472 e. The van der Waals surface area contributed by atoms with Crippen LogP contribution >= 0.6 is 0 Å². The van der Waals surface area contributed by atoms with Gasteiger partial charge in [0, 0.05) is 50.2 Å². The third-order valence-corrected chi connectivity index (χ3v) is 5.60. The zero-order valence-electron chi connectivity index (χ0n) is 16.3. The van der Waals surface area contributed by atoms with Gasteiger partial charge in [-0.3, -0.25) is 4.90 Å². The van der Waals surface area contributed by atoms with Gasteiger partial charge in [-0.25, -0.2) is 19.0 Å². The van der Waals surface area contributed by atoms with E-state index in [4.69, 9.17) is 4.74 Å². The fraction of sp³-hybridized carbons (Fsp3) is 0.381. The number of halogens is 2. The molecule has 0 amide bonds. The average Bonchev–Trinajstić information content (AvgIpc) is 3.34. The highest BCUT2D eigenvalue weighted by atomic mass is 19.1. The van der Waals surface area contributed by atoms with E-state index in [2.05, 4.69) is 25.3 Å². The second-order valence-corrected chi connectivity index (χ2v) is 7.62. The molecule has 30 heavy (non-hydrogen) atoms. The second-order valence-electron chi connectivity index (χ2n) is 7.62. The van der Waals surface area contributed by atoms with Gasteiger partial charge in [-0.1, -0.05) is 0 Å². The highest BCUT2D eigenvalue weighted by Gasteiger charge is 2.30. The monoisotopic (exact) mass is 412 g/mol. The van der Waals surface area contributed by atoms with Crippen molar-refractivity contribution < 1.29 is 13.5 Å². The SMILES string of the molecule is FC1CCN(C2CNC2)C1.Fc1ccc(-n2cc3c(n2)-c2cccnc2OC3)cn1. The first kappa shape index (κ1) is 19.1. The molecular formula is C21H22F2N6O. The number of rotatable bonds is 2. The molecule has 0 aliphatic carbocycles. The van der Waals surface area contributed by atoms with Crippen LogP contribution in [0.25, 0.3) is 16.9 Å². The second kappa shape index (κ2) is 8.08. The van der Waals surface area contributed by atoms with Crippen molar-refractivity contribution >= 4 is 0 Å². The van der Waals surface area contributed by atoms with Crippen molar-refractivity contribution in [3.05, 3.63) is 54.4 Å². The van der Waals surface area contributed by atoms with E-state index >= 15 is 0 Å². The van der Waals surface area contributed by atoms with Crippen LogP contribution < -0.4 is 10.1 Å². The number of ether oxygens (including phenoxy) is 1.